The lowest BCUT2D eigenvalue weighted by atomic mass is 10.2. The van der Waals surface area contributed by atoms with E-state index in [0.717, 1.165) is 6.42 Å². The summed E-state index contributed by atoms with van der Waals surface area (Å²) in [4.78, 5) is 21.6. The standard InChI is InChI=1S/C11H18O5/c1-5-8(3)15-9(4)16-11(14)7(2)6-10(12)13/h8-9H,2,5-6H2,1,3-4H3,(H,12,13). The first-order chi connectivity index (χ1) is 7.36. The monoisotopic (exact) mass is 230 g/mol. The van der Waals surface area contributed by atoms with Crippen molar-refractivity contribution < 1.29 is 24.2 Å². The smallest absolute Gasteiger partial charge is 0.336 e. The van der Waals surface area contributed by atoms with Crippen LogP contribution in [0.25, 0.3) is 0 Å². The van der Waals surface area contributed by atoms with E-state index in [4.69, 9.17) is 14.6 Å². The molecule has 92 valence electrons. The van der Waals surface area contributed by atoms with Crippen molar-refractivity contribution in [3.63, 3.8) is 0 Å². The molecule has 0 aromatic carbocycles. The average molecular weight is 230 g/mol. The Balaban J connectivity index is 4.03. The van der Waals surface area contributed by atoms with Crippen LogP contribution in [0.2, 0.25) is 0 Å². The molecule has 2 atom stereocenters. The van der Waals surface area contributed by atoms with Crippen molar-refractivity contribution in [2.24, 2.45) is 0 Å². The van der Waals surface area contributed by atoms with Gasteiger partial charge in [-0.05, 0) is 20.3 Å². The van der Waals surface area contributed by atoms with E-state index in [1.807, 2.05) is 13.8 Å². The molecule has 0 aromatic heterocycles. The Hall–Kier alpha value is -1.36. The van der Waals surface area contributed by atoms with E-state index in [2.05, 4.69) is 6.58 Å². The summed E-state index contributed by atoms with van der Waals surface area (Å²) in [6.07, 6.45) is -0.337. The summed E-state index contributed by atoms with van der Waals surface area (Å²) in [7, 11) is 0. The van der Waals surface area contributed by atoms with Gasteiger partial charge < -0.3 is 14.6 Å². The Morgan fingerprint density at radius 3 is 2.38 bits per heavy atom. The number of carboxylic acid groups (broad SMARTS) is 1. The zero-order valence-electron chi connectivity index (χ0n) is 9.86. The summed E-state index contributed by atoms with van der Waals surface area (Å²) in [5.41, 5.74) is -0.0906. The zero-order chi connectivity index (χ0) is 12.7. The lowest BCUT2D eigenvalue weighted by molar-refractivity contribution is -0.179. The molecule has 5 heteroatoms. The highest BCUT2D eigenvalue weighted by molar-refractivity contribution is 5.92. The normalized spacial score (nSPS) is 13.9. The Labute approximate surface area is 95.0 Å². The van der Waals surface area contributed by atoms with Gasteiger partial charge in [0, 0.05) is 5.57 Å². The molecule has 0 aliphatic rings. The molecule has 5 nitrogen and oxygen atoms in total. The highest BCUT2D eigenvalue weighted by atomic mass is 16.7. The number of esters is 1. The molecular weight excluding hydrogens is 212 g/mol. The number of carbonyl (C=O) groups is 2. The Kier molecular flexibility index (Phi) is 6.41. The quantitative estimate of drug-likeness (QED) is 0.409. The molecule has 0 rings (SSSR count). The van der Waals surface area contributed by atoms with E-state index >= 15 is 0 Å². The predicted octanol–water partition coefficient (Wildman–Crippen LogP) is 1.72. The van der Waals surface area contributed by atoms with E-state index in [1.54, 1.807) is 6.92 Å². The molecule has 1 N–H and O–H groups in total. The highest BCUT2D eigenvalue weighted by Gasteiger charge is 2.16. The summed E-state index contributed by atoms with van der Waals surface area (Å²) < 4.78 is 10.2. The van der Waals surface area contributed by atoms with Crippen molar-refractivity contribution in [3.8, 4) is 0 Å². The minimum absolute atomic E-state index is 0.0180. The Morgan fingerprint density at radius 2 is 1.94 bits per heavy atom. The van der Waals surface area contributed by atoms with Gasteiger partial charge in [-0.15, -0.1) is 0 Å². The van der Waals surface area contributed by atoms with Crippen LogP contribution >= 0.6 is 0 Å². The number of ether oxygens (including phenoxy) is 2. The molecule has 0 heterocycles. The van der Waals surface area contributed by atoms with Crippen LogP contribution in [0.4, 0.5) is 0 Å². The van der Waals surface area contributed by atoms with Gasteiger partial charge in [0.05, 0.1) is 12.5 Å². The first kappa shape index (κ1) is 14.6. The van der Waals surface area contributed by atoms with Crippen LogP contribution in [0.1, 0.15) is 33.6 Å². The number of hydrogen-bond acceptors (Lipinski definition) is 4. The number of aliphatic carboxylic acids is 1. The van der Waals surface area contributed by atoms with Crippen molar-refractivity contribution >= 4 is 11.9 Å². The summed E-state index contributed by atoms with van der Waals surface area (Å²) in [5, 5.41) is 8.45. The number of rotatable bonds is 7. The van der Waals surface area contributed by atoms with E-state index in [9.17, 15) is 9.59 Å². The van der Waals surface area contributed by atoms with Crippen LogP contribution in [0, 0.1) is 0 Å². The summed E-state index contributed by atoms with van der Waals surface area (Å²) >= 11 is 0. The van der Waals surface area contributed by atoms with Crippen LogP contribution < -0.4 is 0 Å². The summed E-state index contributed by atoms with van der Waals surface area (Å²) in [6, 6.07) is 0. The van der Waals surface area contributed by atoms with Gasteiger partial charge in [-0.2, -0.15) is 0 Å². The SMILES string of the molecule is C=C(CC(=O)O)C(=O)OC(C)OC(C)CC. The van der Waals surface area contributed by atoms with Gasteiger partial charge >= 0.3 is 11.9 Å². The molecule has 0 fully saturated rings. The Morgan fingerprint density at radius 1 is 1.38 bits per heavy atom. The van der Waals surface area contributed by atoms with Crippen LogP contribution in [0.15, 0.2) is 12.2 Å². The second kappa shape index (κ2) is 7.00. The van der Waals surface area contributed by atoms with Gasteiger partial charge in [-0.25, -0.2) is 4.79 Å². The number of carbonyl (C=O) groups excluding carboxylic acids is 1. The topological polar surface area (TPSA) is 72.8 Å². The molecule has 2 unspecified atom stereocenters. The maximum atomic E-state index is 11.3. The van der Waals surface area contributed by atoms with Gasteiger partial charge in [0.2, 0.25) is 6.29 Å². The number of hydrogen-bond donors (Lipinski definition) is 1. The van der Waals surface area contributed by atoms with Crippen LogP contribution in [0.3, 0.4) is 0 Å². The summed E-state index contributed by atoms with van der Waals surface area (Å²) in [5.74, 6) is -1.85. The molecule has 16 heavy (non-hydrogen) atoms. The maximum Gasteiger partial charge on any atom is 0.336 e. The van der Waals surface area contributed by atoms with Crippen LogP contribution in [-0.2, 0) is 19.1 Å². The fraction of sp³-hybridized carbons (Fsp3) is 0.636. The highest BCUT2D eigenvalue weighted by Crippen LogP contribution is 2.07. The molecule has 0 radical (unpaired) electrons. The average Bonchev–Trinajstić information content (AvgIpc) is 2.16. The second-order valence-electron chi connectivity index (χ2n) is 3.50. The van der Waals surface area contributed by atoms with E-state index in [1.165, 1.54) is 0 Å². The molecule has 0 aromatic rings. The first-order valence-electron chi connectivity index (χ1n) is 5.12. The fourth-order valence-electron chi connectivity index (χ4n) is 0.940. The minimum atomic E-state index is -1.11. The third-order valence-electron chi connectivity index (χ3n) is 1.93. The van der Waals surface area contributed by atoms with Gasteiger partial charge in [-0.3, -0.25) is 4.79 Å². The third kappa shape index (κ3) is 6.19. The predicted molar refractivity (Wildman–Crippen MR) is 57.8 cm³/mol. The van der Waals surface area contributed by atoms with Crippen molar-refractivity contribution in [1.29, 1.82) is 0 Å². The zero-order valence-corrected chi connectivity index (χ0v) is 9.86. The summed E-state index contributed by atoms with van der Waals surface area (Å²) in [6.45, 7) is 8.72. The van der Waals surface area contributed by atoms with E-state index in [0.29, 0.717) is 0 Å². The van der Waals surface area contributed by atoms with Gasteiger partial charge in [0.1, 0.15) is 0 Å². The minimum Gasteiger partial charge on any atom is -0.481 e. The molecule has 0 saturated carbocycles. The first-order valence-corrected chi connectivity index (χ1v) is 5.12. The van der Waals surface area contributed by atoms with E-state index in [-0.39, 0.29) is 11.7 Å². The lowest BCUT2D eigenvalue weighted by Gasteiger charge is -2.18. The van der Waals surface area contributed by atoms with Gasteiger partial charge in [0.15, 0.2) is 0 Å². The largest absolute Gasteiger partial charge is 0.481 e. The second-order valence-corrected chi connectivity index (χ2v) is 3.50. The third-order valence-corrected chi connectivity index (χ3v) is 1.93. The number of carboxylic acids is 1. The molecule has 0 saturated heterocycles. The van der Waals surface area contributed by atoms with Gasteiger partial charge in [0.25, 0.3) is 0 Å². The van der Waals surface area contributed by atoms with Crippen LogP contribution in [0.5, 0.6) is 0 Å². The van der Waals surface area contributed by atoms with E-state index < -0.39 is 24.6 Å². The van der Waals surface area contributed by atoms with Crippen LogP contribution in [-0.4, -0.2) is 29.4 Å². The molecule has 0 aliphatic carbocycles. The molecule has 0 amide bonds. The van der Waals surface area contributed by atoms with Crippen molar-refractivity contribution in [2.75, 3.05) is 0 Å². The van der Waals surface area contributed by atoms with Crippen molar-refractivity contribution in [2.45, 2.75) is 46.0 Å². The molecular formula is C11H18O5. The molecule has 0 bridgehead atoms. The molecule has 0 aliphatic heterocycles. The maximum absolute atomic E-state index is 11.3. The Bertz CT molecular complexity index is 272. The lowest BCUT2D eigenvalue weighted by Crippen LogP contribution is -2.23. The van der Waals surface area contributed by atoms with Gasteiger partial charge in [-0.1, -0.05) is 13.5 Å². The van der Waals surface area contributed by atoms with Crippen molar-refractivity contribution in [3.05, 3.63) is 12.2 Å². The molecule has 0 spiro atoms. The van der Waals surface area contributed by atoms with Crippen molar-refractivity contribution in [1.82, 2.24) is 0 Å². The fourth-order valence-corrected chi connectivity index (χ4v) is 0.940.